The van der Waals surface area contributed by atoms with Crippen molar-refractivity contribution >= 4 is 38.6 Å². The van der Waals surface area contributed by atoms with Crippen LogP contribution >= 0.6 is 11.3 Å². The van der Waals surface area contributed by atoms with Crippen LogP contribution in [0.1, 0.15) is 0 Å². The summed E-state index contributed by atoms with van der Waals surface area (Å²) in [4.78, 5) is 12.2. The van der Waals surface area contributed by atoms with Crippen LogP contribution in [0.15, 0.2) is 64.2 Å². The highest BCUT2D eigenvalue weighted by Crippen LogP contribution is 2.29. The normalized spacial score (nSPS) is 10.9. The molecule has 8 nitrogen and oxygen atoms in total. The molecule has 1 aromatic heterocycles. The molecular formula is C21H22N2O6S2. The predicted molar refractivity (Wildman–Crippen MR) is 120 cm³/mol. The first-order valence-corrected chi connectivity index (χ1v) is 11.4. The monoisotopic (exact) mass is 462 g/mol. The lowest BCUT2D eigenvalue weighted by atomic mass is 10.2. The maximum atomic E-state index is 12.6. The molecule has 0 aliphatic heterocycles. The summed E-state index contributed by atoms with van der Waals surface area (Å²) in [5.41, 5.74) is 0.973. The third-order valence-electron chi connectivity index (χ3n) is 4.36. The standard InChI is InChI=1S/C21H22N2O6S2/c1-23(31(25,26)21-5-4-12-30-21)15-6-8-16(9-7-15)29-14-20(24)22-18-11-10-17(27-2)13-19(18)28-3/h4-13H,14H2,1-3H3,(H,22,24). The van der Waals surface area contributed by atoms with Gasteiger partial charge in [-0.1, -0.05) is 6.07 Å². The molecule has 0 aliphatic rings. The second-order valence-corrected chi connectivity index (χ2v) is 9.45. The van der Waals surface area contributed by atoms with Crippen molar-refractivity contribution in [1.82, 2.24) is 0 Å². The summed E-state index contributed by atoms with van der Waals surface area (Å²) in [6.45, 7) is -0.224. The minimum Gasteiger partial charge on any atom is -0.497 e. The van der Waals surface area contributed by atoms with E-state index in [0.717, 1.165) is 11.3 Å². The Kier molecular flexibility index (Phi) is 7.03. The number of ether oxygens (including phenoxy) is 3. The predicted octanol–water partition coefficient (Wildman–Crippen LogP) is 3.61. The van der Waals surface area contributed by atoms with Gasteiger partial charge in [-0.05, 0) is 47.8 Å². The zero-order chi connectivity index (χ0) is 22.4. The van der Waals surface area contributed by atoms with E-state index in [1.807, 2.05) is 0 Å². The molecule has 0 fully saturated rings. The Labute approximate surface area is 185 Å². The highest BCUT2D eigenvalue weighted by molar-refractivity contribution is 7.94. The molecule has 0 aliphatic carbocycles. The highest BCUT2D eigenvalue weighted by Gasteiger charge is 2.22. The van der Waals surface area contributed by atoms with Gasteiger partial charge in [0.05, 0.1) is 25.6 Å². The molecule has 0 spiro atoms. The first-order valence-electron chi connectivity index (χ1n) is 9.12. The van der Waals surface area contributed by atoms with Gasteiger partial charge in [0.2, 0.25) is 0 Å². The average molecular weight is 463 g/mol. The van der Waals surface area contributed by atoms with Gasteiger partial charge in [-0.25, -0.2) is 8.42 Å². The van der Waals surface area contributed by atoms with Gasteiger partial charge in [0.15, 0.2) is 6.61 Å². The molecule has 31 heavy (non-hydrogen) atoms. The van der Waals surface area contributed by atoms with E-state index in [-0.39, 0.29) is 16.7 Å². The number of sulfonamides is 1. The second kappa shape index (κ2) is 9.71. The van der Waals surface area contributed by atoms with Crippen LogP contribution in [0.2, 0.25) is 0 Å². The number of hydrogen-bond acceptors (Lipinski definition) is 7. The van der Waals surface area contributed by atoms with Crippen LogP contribution in [0.4, 0.5) is 11.4 Å². The molecule has 1 heterocycles. The molecule has 164 valence electrons. The van der Waals surface area contributed by atoms with Gasteiger partial charge in [-0.3, -0.25) is 9.10 Å². The number of hydrogen-bond donors (Lipinski definition) is 1. The molecule has 0 saturated carbocycles. The Balaban J connectivity index is 1.60. The van der Waals surface area contributed by atoms with Crippen molar-refractivity contribution in [2.24, 2.45) is 0 Å². The average Bonchev–Trinajstić information content (AvgIpc) is 3.34. The van der Waals surface area contributed by atoms with Gasteiger partial charge in [-0.15, -0.1) is 11.3 Å². The molecule has 3 aromatic rings. The van der Waals surface area contributed by atoms with E-state index in [1.54, 1.807) is 67.1 Å². The molecule has 0 radical (unpaired) electrons. The van der Waals surface area contributed by atoms with E-state index in [2.05, 4.69) is 5.32 Å². The molecule has 1 amide bonds. The molecule has 10 heteroatoms. The number of nitrogens with one attached hydrogen (secondary N) is 1. The van der Waals surface area contributed by atoms with Crippen molar-refractivity contribution in [3.63, 3.8) is 0 Å². The minimum atomic E-state index is -3.61. The van der Waals surface area contributed by atoms with Gasteiger partial charge in [0.25, 0.3) is 15.9 Å². The number of thiophene rings is 1. The van der Waals surface area contributed by atoms with Crippen molar-refractivity contribution in [3.05, 3.63) is 60.0 Å². The van der Waals surface area contributed by atoms with Crippen LogP contribution in [0.25, 0.3) is 0 Å². The first-order chi connectivity index (χ1) is 14.8. The summed E-state index contributed by atoms with van der Waals surface area (Å²) in [5.74, 6) is 1.14. The SMILES string of the molecule is COc1ccc(NC(=O)COc2ccc(N(C)S(=O)(=O)c3cccs3)cc2)c(OC)c1. The maximum absolute atomic E-state index is 12.6. The lowest BCUT2D eigenvalue weighted by Crippen LogP contribution is -2.25. The van der Waals surface area contributed by atoms with E-state index in [4.69, 9.17) is 14.2 Å². The molecule has 2 aromatic carbocycles. The van der Waals surface area contributed by atoms with Gasteiger partial charge >= 0.3 is 0 Å². The Morgan fingerprint density at radius 2 is 1.74 bits per heavy atom. The summed E-state index contributed by atoms with van der Waals surface area (Å²) >= 11 is 1.16. The lowest BCUT2D eigenvalue weighted by molar-refractivity contribution is -0.118. The lowest BCUT2D eigenvalue weighted by Gasteiger charge is -2.18. The third kappa shape index (κ3) is 5.28. The van der Waals surface area contributed by atoms with Crippen molar-refractivity contribution in [2.75, 3.05) is 37.5 Å². The zero-order valence-corrected chi connectivity index (χ0v) is 18.8. The van der Waals surface area contributed by atoms with Crippen molar-refractivity contribution in [1.29, 1.82) is 0 Å². The number of benzene rings is 2. The fourth-order valence-corrected chi connectivity index (χ4v) is 5.03. The van der Waals surface area contributed by atoms with Gasteiger partial charge in [0.1, 0.15) is 21.5 Å². The summed E-state index contributed by atoms with van der Waals surface area (Å²) < 4.78 is 42.5. The fraction of sp³-hybridized carbons (Fsp3) is 0.190. The quantitative estimate of drug-likeness (QED) is 0.522. The molecule has 0 unspecified atom stereocenters. The van der Waals surface area contributed by atoms with Gasteiger partial charge in [0, 0.05) is 13.1 Å². The minimum absolute atomic E-state index is 0.224. The summed E-state index contributed by atoms with van der Waals surface area (Å²) in [6, 6.07) is 14.7. The van der Waals surface area contributed by atoms with E-state index in [1.165, 1.54) is 18.5 Å². The smallest absolute Gasteiger partial charge is 0.273 e. The number of carbonyl (C=O) groups is 1. The number of nitrogens with zero attached hydrogens (tertiary/aromatic N) is 1. The van der Waals surface area contributed by atoms with E-state index >= 15 is 0 Å². The fourth-order valence-electron chi connectivity index (χ4n) is 2.67. The third-order valence-corrected chi connectivity index (χ3v) is 7.52. The Morgan fingerprint density at radius 3 is 2.35 bits per heavy atom. The number of methoxy groups -OCH3 is 2. The molecule has 0 atom stereocenters. The zero-order valence-electron chi connectivity index (χ0n) is 17.2. The van der Waals surface area contributed by atoms with Crippen LogP contribution in [0, 0.1) is 0 Å². The van der Waals surface area contributed by atoms with E-state index in [9.17, 15) is 13.2 Å². The maximum Gasteiger partial charge on any atom is 0.273 e. The van der Waals surface area contributed by atoms with Crippen LogP contribution in [0.5, 0.6) is 17.2 Å². The van der Waals surface area contributed by atoms with Gasteiger partial charge in [-0.2, -0.15) is 0 Å². The Bertz CT molecular complexity index is 1130. The van der Waals surface area contributed by atoms with Crippen LogP contribution < -0.4 is 23.8 Å². The first kappa shape index (κ1) is 22.4. The van der Waals surface area contributed by atoms with Gasteiger partial charge < -0.3 is 19.5 Å². The van der Waals surface area contributed by atoms with E-state index in [0.29, 0.717) is 28.6 Å². The Hall–Kier alpha value is -3.24. The summed E-state index contributed by atoms with van der Waals surface area (Å²) in [6.07, 6.45) is 0. The van der Waals surface area contributed by atoms with Crippen LogP contribution in [-0.2, 0) is 14.8 Å². The summed E-state index contributed by atoms with van der Waals surface area (Å²) in [5, 5.41) is 4.43. The van der Waals surface area contributed by atoms with Crippen LogP contribution in [0.3, 0.4) is 0 Å². The molecular weight excluding hydrogens is 440 g/mol. The van der Waals surface area contributed by atoms with Crippen molar-refractivity contribution in [3.8, 4) is 17.2 Å². The molecule has 1 N–H and O–H groups in total. The van der Waals surface area contributed by atoms with Crippen molar-refractivity contribution in [2.45, 2.75) is 4.21 Å². The largest absolute Gasteiger partial charge is 0.497 e. The van der Waals surface area contributed by atoms with Crippen LogP contribution in [-0.4, -0.2) is 42.2 Å². The Morgan fingerprint density at radius 1 is 1.03 bits per heavy atom. The molecule has 3 rings (SSSR count). The topological polar surface area (TPSA) is 94.2 Å². The molecule has 0 saturated heterocycles. The van der Waals surface area contributed by atoms with Crippen molar-refractivity contribution < 1.29 is 27.4 Å². The number of carbonyl (C=O) groups excluding carboxylic acids is 1. The van der Waals surface area contributed by atoms with E-state index < -0.39 is 10.0 Å². The molecule has 0 bridgehead atoms. The number of rotatable bonds is 9. The highest BCUT2D eigenvalue weighted by atomic mass is 32.2. The number of anilines is 2. The number of amides is 1. The second-order valence-electron chi connectivity index (χ2n) is 6.30. The summed E-state index contributed by atoms with van der Waals surface area (Å²) in [7, 11) is 0.921.